The fourth-order valence-electron chi connectivity index (χ4n) is 1.42. The van der Waals surface area contributed by atoms with Crippen molar-refractivity contribution in [1.29, 1.82) is 0 Å². The fourth-order valence-corrected chi connectivity index (χ4v) is 1.42. The molecule has 0 spiro atoms. The Morgan fingerprint density at radius 1 is 1.15 bits per heavy atom. The zero-order valence-corrected chi connectivity index (χ0v) is 9.20. The van der Waals surface area contributed by atoms with Crippen LogP contribution >= 0.6 is 0 Å². The van der Waals surface area contributed by atoms with Crippen molar-refractivity contribution < 1.29 is 0 Å². The molecule has 74 valence electrons. The number of hydrogen-bond acceptors (Lipinski definition) is 2. The molecule has 0 atom stereocenters. The van der Waals surface area contributed by atoms with Gasteiger partial charge in [-0.05, 0) is 12.8 Å². The number of aryl methyl sites for hydroxylation is 1. The van der Waals surface area contributed by atoms with E-state index in [1.165, 1.54) is 0 Å². The molecular formula is C10H19N3. The minimum Gasteiger partial charge on any atom is -0.315 e. The Morgan fingerprint density at radius 2 is 1.77 bits per heavy atom. The van der Waals surface area contributed by atoms with Gasteiger partial charge in [-0.15, -0.1) is 10.2 Å². The molecule has 0 saturated heterocycles. The van der Waals surface area contributed by atoms with E-state index in [0.29, 0.717) is 11.8 Å². The van der Waals surface area contributed by atoms with E-state index in [2.05, 4.69) is 42.5 Å². The monoisotopic (exact) mass is 181 g/mol. The van der Waals surface area contributed by atoms with E-state index in [4.69, 9.17) is 0 Å². The highest BCUT2D eigenvalue weighted by Gasteiger charge is 2.12. The topological polar surface area (TPSA) is 30.7 Å². The van der Waals surface area contributed by atoms with Crippen LogP contribution in [-0.2, 0) is 6.54 Å². The molecule has 1 aromatic rings. The Hall–Kier alpha value is -0.860. The quantitative estimate of drug-likeness (QED) is 0.716. The lowest BCUT2D eigenvalue weighted by Gasteiger charge is -2.12. The second kappa shape index (κ2) is 3.90. The van der Waals surface area contributed by atoms with Gasteiger partial charge in [0.25, 0.3) is 0 Å². The fraction of sp³-hybridized carbons (Fsp3) is 0.800. The van der Waals surface area contributed by atoms with E-state index in [1.54, 1.807) is 0 Å². The number of rotatable bonds is 3. The molecule has 3 heteroatoms. The van der Waals surface area contributed by atoms with Crippen LogP contribution < -0.4 is 0 Å². The van der Waals surface area contributed by atoms with E-state index in [9.17, 15) is 0 Å². The van der Waals surface area contributed by atoms with E-state index in [-0.39, 0.29) is 0 Å². The SMILES string of the molecule is Cc1nnc(C(C)C)n1CC(C)C. The minimum atomic E-state index is 0.458. The number of nitrogens with zero attached hydrogens (tertiary/aromatic N) is 3. The first-order chi connectivity index (χ1) is 6.02. The third-order valence-electron chi connectivity index (χ3n) is 2.03. The third-order valence-corrected chi connectivity index (χ3v) is 2.03. The van der Waals surface area contributed by atoms with Crippen LogP contribution in [0.2, 0.25) is 0 Å². The molecule has 0 amide bonds. The predicted molar refractivity (Wildman–Crippen MR) is 53.7 cm³/mol. The summed E-state index contributed by atoms with van der Waals surface area (Å²) in [6, 6.07) is 0. The van der Waals surface area contributed by atoms with Gasteiger partial charge in [0.05, 0.1) is 0 Å². The summed E-state index contributed by atoms with van der Waals surface area (Å²) in [7, 11) is 0. The summed E-state index contributed by atoms with van der Waals surface area (Å²) in [5.41, 5.74) is 0. The van der Waals surface area contributed by atoms with Crippen LogP contribution in [0.3, 0.4) is 0 Å². The zero-order valence-electron chi connectivity index (χ0n) is 9.20. The number of aromatic nitrogens is 3. The maximum absolute atomic E-state index is 4.18. The maximum atomic E-state index is 4.18. The lowest BCUT2D eigenvalue weighted by atomic mass is 10.2. The van der Waals surface area contributed by atoms with Crippen molar-refractivity contribution in [3.63, 3.8) is 0 Å². The average molecular weight is 181 g/mol. The summed E-state index contributed by atoms with van der Waals surface area (Å²) in [5, 5.41) is 8.29. The second-order valence-electron chi connectivity index (χ2n) is 4.26. The van der Waals surface area contributed by atoms with Gasteiger partial charge in [0.1, 0.15) is 11.6 Å². The van der Waals surface area contributed by atoms with Gasteiger partial charge in [-0.2, -0.15) is 0 Å². The average Bonchev–Trinajstić information content (AvgIpc) is 2.32. The van der Waals surface area contributed by atoms with Gasteiger partial charge in [0, 0.05) is 12.5 Å². The molecule has 1 aromatic heterocycles. The minimum absolute atomic E-state index is 0.458. The Morgan fingerprint density at radius 3 is 2.23 bits per heavy atom. The van der Waals surface area contributed by atoms with Crippen molar-refractivity contribution in [1.82, 2.24) is 14.8 Å². The second-order valence-corrected chi connectivity index (χ2v) is 4.26. The first kappa shape index (κ1) is 10.2. The van der Waals surface area contributed by atoms with Crippen molar-refractivity contribution >= 4 is 0 Å². The summed E-state index contributed by atoms with van der Waals surface area (Å²) in [6.45, 7) is 11.8. The lowest BCUT2D eigenvalue weighted by Crippen LogP contribution is -2.11. The van der Waals surface area contributed by atoms with Crippen LogP contribution in [-0.4, -0.2) is 14.8 Å². The highest BCUT2D eigenvalue weighted by molar-refractivity contribution is 4.98. The molecule has 1 heterocycles. The summed E-state index contributed by atoms with van der Waals surface area (Å²) in [6.07, 6.45) is 0. The molecule has 0 N–H and O–H groups in total. The van der Waals surface area contributed by atoms with Gasteiger partial charge in [-0.25, -0.2) is 0 Å². The molecule has 0 aromatic carbocycles. The molecule has 0 aliphatic heterocycles. The van der Waals surface area contributed by atoms with Crippen LogP contribution in [0.5, 0.6) is 0 Å². The van der Waals surface area contributed by atoms with Gasteiger partial charge in [-0.3, -0.25) is 0 Å². The molecule has 0 aliphatic carbocycles. The molecular weight excluding hydrogens is 162 g/mol. The van der Waals surface area contributed by atoms with E-state index in [1.807, 2.05) is 6.92 Å². The van der Waals surface area contributed by atoms with Crippen LogP contribution in [0.25, 0.3) is 0 Å². The van der Waals surface area contributed by atoms with E-state index >= 15 is 0 Å². The summed E-state index contributed by atoms with van der Waals surface area (Å²) < 4.78 is 2.22. The van der Waals surface area contributed by atoms with Crippen LogP contribution in [0, 0.1) is 12.8 Å². The van der Waals surface area contributed by atoms with Crippen LogP contribution in [0.1, 0.15) is 45.3 Å². The van der Waals surface area contributed by atoms with Crippen LogP contribution in [0.4, 0.5) is 0 Å². The highest BCUT2D eigenvalue weighted by atomic mass is 15.3. The van der Waals surface area contributed by atoms with Crippen molar-refractivity contribution in [2.24, 2.45) is 5.92 Å². The summed E-state index contributed by atoms with van der Waals surface area (Å²) >= 11 is 0. The Kier molecular flexibility index (Phi) is 3.07. The van der Waals surface area contributed by atoms with Gasteiger partial charge >= 0.3 is 0 Å². The molecule has 0 radical (unpaired) electrons. The van der Waals surface area contributed by atoms with E-state index in [0.717, 1.165) is 18.2 Å². The molecule has 0 aliphatic rings. The molecule has 1 rings (SSSR count). The highest BCUT2D eigenvalue weighted by Crippen LogP contribution is 2.14. The largest absolute Gasteiger partial charge is 0.315 e. The Balaban J connectivity index is 2.94. The molecule has 0 bridgehead atoms. The third kappa shape index (κ3) is 2.29. The van der Waals surface area contributed by atoms with Crippen molar-refractivity contribution in [2.45, 2.75) is 47.1 Å². The first-order valence-electron chi connectivity index (χ1n) is 4.92. The molecule has 3 nitrogen and oxygen atoms in total. The standard InChI is InChI=1S/C10H19N3/c1-7(2)6-13-9(5)11-12-10(13)8(3)4/h7-8H,6H2,1-5H3. The number of hydrogen-bond donors (Lipinski definition) is 0. The van der Waals surface area contributed by atoms with Crippen molar-refractivity contribution in [3.8, 4) is 0 Å². The summed E-state index contributed by atoms with van der Waals surface area (Å²) in [4.78, 5) is 0. The maximum Gasteiger partial charge on any atom is 0.135 e. The summed E-state index contributed by atoms with van der Waals surface area (Å²) in [5.74, 6) is 3.23. The normalized spacial score (nSPS) is 11.6. The van der Waals surface area contributed by atoms with Crippen molar-refractivity contribution in [2.75, 3.05) is 0 Å². The first-order valence-corrected chi connectivity index (χ1v) is 4.92. The van der Waals surface area contributed by atoms with Gasteiger partial charge < -0.3 is 4.57 Å². The molecule has 0 unspecified atom stereocenters. The smallest absolute Gasteiger partial charge is 0.135 e. The van der Waals surface area contributed by atoms with Crippen molar-refractivity contribution in [3.05, 3.63) is 11.6 Å². The molecule has 0 saturated carbocycles. The Labute approximate surface area is 80.2 Å². The zero-order chi connectivity index (χ0) is 10.0. The van der Waals surface area contributed by atoms with Gasteiger partial charge in [0.2, 0.25) is 0 Å². The predicted octanol–water partition coefficient (Wildman–Crippen LogP) is 2.37. The van der Waals surface area contributed by atoms with Crippen LogP contribution in [0.15, 0.2) is 0 Å². The van der Waals surface area contributed by atoms with Gasteiger partial charge in [-0.1, -0.05) is 27.7 Å². The van der Waals surface area contributed by atoms with Gasteiger partial charge in [0.15, 0.2) is 0 Å². The molecule has 0 fully saturated rings. The lowest BCUT2D eigenvalue weighted by molar-refractivity contribution is 0.490. The molecule has 13 heavy (non-hydrogen) atoms. The van der Waals surface area contributed by atoms with E-state index < -0.39 is 0 Å². The Bertz CT molecular complexity index is 274.